The number of carbonyl (C=O) groups is 2. The number of nitrogens with one attached hydrogen (secondary N) is 2. The summed E-state index contributed by atoms with van der Waals surface area (Å²) in [5.41, 5.74) is 2.94. The molecule has 1 aliphatic rings. The number of amides is 2. The maximum atomic E-state index is 12.5. The van der Waals surface area contributed by atoms with Gasteiger partial charge in [0.25, 0.3) is 5.91 Å². The number of rotatable bonds is 5. The van der Waals surface area contributed by atoms with Gasteiger partial charge in [-0.15, -0.1) is 0 Å². The van der Waals surface area contributed by atoms with Crippen LogP contribution in [0.3, 0.4) is 0 Å². The number of anilines is 1. The molecule has 1 aliphatic heterocycles. The zero-order valence-electron chi connectivity index (χ0n) is 15.0. The Morgan fingerprint density at radius 1 is 1.19 bits per heavy atom. The molecule has 1 aromatic carbocycles. The Kier molecular flexibility index (Phi) is 5.96. The minimum atomic E-state index is -3.01. The number of carbonyl (C=O) groups excluding carboxylic acids is 2. The Labute approximate surface area is 162 Å². The average molecular weight is 407 g/mol. The molecule has 0 aliphatic carbocycles. The minimum Gasteiger partial charge on any atom is -0.348 e. The van der Waals surface area contributed by atoms with Crippen LogP contribution < -0.4 is 10.6 Å². The molecule has 0 radical (unpaired) electrons. The van der Waals surface area contributed by atoms with Gasteiger partial charge in [-0.05, 0) is 59.9 Å². The van der Waals surface area contributed by atoms with Gasteiger partial charge in [-0.1, -0.05) is 6.07 Å². The fourth-order valence-electron chi connectivity index (χ4n) is 2.96. The first kappa shape index (κ1) is 19.6. The number of hydrogen-bond donors (Lipinski definition) is 2. The van der Waals surface area contributed by atoms with Crippen molar-refractivity contribution in [3.8, 4) is 0 Å². The lowest BCUT2D eigenvalue weighted by Gasteiger charge is -2.21. The number of hydrogen-bond acceptors (Lipinski definition) is 5. The van der Waals surface area contributed by atoms with E-state index in [4.69, 9.17) is 0 Å². The van der Waals surface area contributed by atoms with Crippen molar-refractivity contribution in [3.05, 3.63) is 51.7 Å². The highest BCUT2D eigenvalue weighted by Gasteiger charge is 2.28. The van der Waals surface area contributed by atoms with Crippen molar-refractivity contribution in [2.75, 3.05) is 16.8 Å². The summed E-state index contributed by atoms with van der Waals surface area (Å²) in [5.74, 6) is -0.613. The summed E-state index contributed by atoms with van der Waals surface area (Å²) in [6, 6.07) is 7.13. The Hall–Kier alpha value is -2.19. The normalized spacial score (nSPS) is 16.6. The molecule has 0 bridgehead atoms. The molecule has 0 unspecified atom stereocenters. The molecule has 27 heavy (non-hydrogen) atoms. The quantitative estimate of drug-likeness (QED) is 0.799. The third kappa shape index (κ3) is 5.17. The predicted octanol–water partition coefficient (Wildman–Crippen LogP) is 2.75. The van der Waals surface area contributed by atoms with Crippen LogP contribution in [0.5, 0.6) is 0 Å². The Morgan fingerprint density at radius 3 is 2.59 bits per heavy atom. The summed E-state index contributed by atoms with van der Waals surface area (Å²) in [5, 5.41) is 9.66. The molecule has 8 heteroatoms. The van der Waals surface area contributed by atoms with Crippen molar-refractivity contribution in [1.82, 2.24) is 5.32 Å². The molecule has 3 rings (SSSR count). The summed E-state index contributed by atoms with van der Waals surface area (Å²) in [6.45, 7) is 2.31. The van der Waals surface area contributed by atoms with E-state index < -0.39 is 9.84 Å². The average Bonchev–Trinajstić information content (AvgIpc) is 3.15. The number of aryl methyl sites for hydroxylation is 1. The van der Waals surface area contributed by atoms with Crippen molar-refractivity contribution >= 4 is 38.7 Å². The van der Waals surface area contributed by atoms with E-state index in [2.05, 4.69) is 10.6 Å². The van der Waals surface area contributed by atoms with Gasteiger partial charge < -0.3 is 10.6 Å². The number of sulfone groups is 1. The molecule has 2 amide bonds. The van der Waals surface area contributed by atoms with Gasteiger partial charge in [-0.3, -0.25) is 9.59 Å². The standard InChI is InChI=1S/C19H22N2O4S2/c1-13-2-3-16(18(22)20-11-14-4-7-26-12-14)10-17(13)21-19(23)15-5-8-27(24,25)9-6-15/h2-4,7,10,12,15H,5-6,8-9,11H2,1H3,(H,20,22)(H,21,23). The SMILES string of the molecule is Cc1ccc(C(=O)NCc2ccsc2)cc1NC(=O)C1CCS(=O)(=O)CC1. The molecule has 2 aromatic rings. The Bertz CT molecular complexity index is 923. The second kappa shape index (κ2) is 8.22. The van der Waals surface area contributed by atoms with Crippen LogP contribution in [0, 0.1) is 12.8 Å². The fraction of sp³-hybridized carbons (Fsp3) is 0.368. The van der Waals surface area contributed by atoms with Crippen molar-refractivity contribution < 1.29 is 18.0 Å². The summed E-state index contributed by atoms with van der Waals surface area (Å²) in [4.78, 5) is 24.9. The summed E-state index contributed by atoms with van der Waals surface area (Å²) < 4.78 is 23.0. The van der Waals surface area contributed by atoms with E-state index in [1.807, 2.05) is 23.8 Å². The molecule has 2 heterocycles. The van der Waals surface area contributed by atoms with Crippen LogP contribution >= 0.6 is 11.3 Å². The summed E-state index contributed by atoms with van der Waals surface area (Å²) in [7, 11) is -3.01. The second-order valence-corrected chi connectivity index (χ2v) is 9.84. The van der Waals surface area contributed by atoms with Gasteiger partial charge in [0.2, 0.25) is 5.91 Å². The van der Waals surface area contributed by atoms with Crippen LogP contribution in [-0.2, 0) is 21.2 Å². The molecule has 144 valence electrons. The van der Waals surface area contributed by atoms with Gasteiger partial charge in [0.1, 0.15) is 9.84 Å². The maximum absolute atomic E-state index is 12.5. The molecule has 0 saturated carbocycles. The van der Waals surface area contributed by atoms with Gasteiger partial charge in [0.15, 0.2) is 0 Å². The van der Waals surface area contributed by atoms with Gasteiger partial charge in [-0.2, -0.15) is 11.3 Å². The molecule has 6 nitrogen and oxygen atoms in total. The highest BCUT2D eigenvalue weighted by Crippen LogP contribution is 2.23. The van der Waals surface area contributed by atoms with Crippen molar-refractivity contribution in [2.45, 2.75) is 26.3 Å². The van der Waals surface area contributed by atoms with E-state index in [1.165, 1.54) is 0 Å². The first-order chi connectivity index (χ1) is 12.8. The first-order valence-electron chi connectivity index (χ1n) is 8.75. The maximum Gasteiger partial charge on any atom is 0.251 e. The monoisotopic (exact) mass is 406 g/mol. The van der Waals surface area contributed by atoms with Crippen LogP contribution in [0.2, 0.25) is 0 Å². The third-order valence-electron chi connectivity index (χ3n) is 4.72. The van der Waals surface area contributed by atoms with E-state index in [0.29, 0.717) is 30.6 Å². The molecule has 1 fully saturated rings. The van der Waals surface area contributed by atoms with Crippen molar-refractivity contribution in [3.63, 3.8) is 0 Å². The second-order valence-electron chi connectivity index (χ2n) is 6.76. The molecular formula is C19H22N2O4S2. The summed E-state index contributed by atoms with van der Waals surface area (Å²) >= 11 is 1.58. The van der Waals surface area contributed by atoms with Crippen LogP contribution in [0.4, 0.5) is 5.69 Å². The number of thiophene rings is 1. The highest BCUT2D eigenvalue weighted by atomic mass is 32.2. The van der Waals surface area contributed by atoms with Gasteiger partial charge in [0, 0.05) is 23.7 Å². The van der Waals surface area contributed by atoms with Gasteiger partial charge >= 0.3 is 0 Å². The largest absolute Gasteiger partial charge is 0.348 e. The van der Waals surface area contributed by atoms with Gasteiger partial charge in [0.05, 0.1) is 11.5 Å². The lowest BCUT2D eigenvalue weighted by Crippen LogP contribution is -2.32. The van der Waals surface area contributed by atoms with E-state index in [9.17, 15) is 18.0 Å². The van der Waals surface area contributed by atoms with Crippen LogP contribution in [0.1, 0.15) is 34.3 Å². The minimum absolute atomic E-state index is 0.0507. The summed E-state index contributed by atoms with van der Waals surface area (Å²) in [6.07, 6.45) is 0.683. The van der Waals surface area contributed by atoms with E-state index in [0.717, 1.165) is 11.1 Å². The van der Waals surface area contributed by atoms with E-state index in [1.54, 1.807) is 29.5 Å². The molecule has 1 aromatic heterocycles. The predicted molar refractivity (Wildman–Crippen MR) is 107 cm³/mol. The highest BCUT2D eigenvalue weighted by molar-refractivity contribution is 7.91. The van der Waals surface area contributed by atoms with Crippen LogP contribution in [-0.4, -0.2) is 31.7 Å². The fourth-order valence-corrected chi connectivity index (χ4v) is 5.12. The topological polar surface area (TPSA) is 92.3 Å². The van der Waals surface area contributed by atoms with Gasteiger partial charge in [-0.25, -0.2) is 8.42 Å². The molecular weight excluding hydrogens is 384 g/mol. The van der Waals surface area contributed by atoms with Crippen molar-refractivity contribution in [1.29, 1.82) is 0 Å². The number of benzene rings is 1. The molecule has 1 saturated heterocycles. The molecule has 0 spiro atoms. The lowest BCUT2D eigenvalue weighted by molar-refractivity contribution is -0.120. The van der Waals surface area contributed by atoms with Crippen molar-refractivity contribution in [2.24, 2.45) is 5.92 Å². The Morgan fingerprint density at radius 2 is 1.93 bits per heavy atom. The molecule has 2 N–H and O–H groups in total. The smallest absolute Gasteiger partial charge is 0.251 e. The van der Waals surface area contributed by atoms with E-state index in [-0.39, 0.29) is 29.2 Å². The first-order valence-corrected chi connectivity index (χ1v) is 11.5. The molecule has 0 atom stereocenters. The van der Waals surface area contributed by atoms with Crippen LogP contribution in [0.25, 0.3) is 0 Å². The third-order valence-corrected chi connectivity index (χ3v) is 7.16. The van der Waals surface area contributed by atoms with E-state index >= 15 is 0 Å². The van der Waals surface area contributed by atoms with Crippen LogP contribution in [0.15, 0.2) is 35.0 Å². The lowest BCUT2D eigenvalue weighted by atomic mass is 10.0. The zero-order valence-corrected chi connectivity index (χ0v) is 16.7. The Balaban J connectivity index is 1.64. The zero-order chi connectivity index (χ0) is 19.4.